The van der Waals surface area contributed by atoms with Gasteiger partial charge in [-0.2, -0.15) is 0 Å². The minimum atomic E-state index is -0.648. The summed E-state index contributed by atoms with van der Waals surface area (Å²) in [5.41, 5.74) is 8.94. The number of primary amides is 1. The van der Waals surface area contributed by atoms with E-state index in [0.29, 0.717) is 34.7 Å². The summed E-state index contributed by atoms with van der Waals surface area (Å²) in [6.07, 6.45) is 5.65. The van der Waals surface area contributed by atoms with Gasteiger partial charge in [0.05, 0.1) is 23.4 Å². The first-order chi connectivity index (χ1) is 16.9. The molecule has 2 aliphatic rings. The van der Waals surface area contributed by atoms with Gasteiger partial charge >= 0.3 is 0 Å². The lowest BCUT2D eigenvalue weighted by Gasteiger charge is -2.26. The van der Waals surface area contributed by atoms with Crippen molar-refractivity contribution in [1.29, 1.82) is 0 Å². The molecule has 9 heteroatoms. The van der Waals surface area contributed by atoms with Gasteiger partial charge in [0.1, 0.15) is 29.0 Å². The Bertz CT molecular complexity index is 1520. The lowest BCUT2D eigenvalue weighted by Crippen LogP contribution is -2.27. The largest absolute Gasteiger partial charge is 0.367 e. The highest BCUT2D eigenvalue weighted by molar-refractivity contribution is 6.09. The third-order valence-corrected chi connectivity index (χ3v) is 6.71. The number of carbonyl (C=O) groups excluding carboxylic acids is 1. The van der Waals surface area contributed by atoms with Crippen LogP contribution in [0.5, 0.6) is 0 Å². The fraction of sp³-hybridized carbons (Fsp3) is 0.231. The number of rotatable bonds is 4. The van der Waals surface area contributed by atoms with E-state index in [0.717, 1.165) is 30.2 Å². The van der Waals surface area contributed by atoms with Crippen molar-refractivity contribution >= 4 is 34.5 Å². The molecule has 2 aromatic carbocycles. The van der Waals surface area contributed by atoms with Crippen LogP contribution in [0.15, 0.2) is 48.7 Å². The van der Waals surface area contributed by atoms with E-state index < -0.39 is 11.7 Å². The van der Waals surface area contributed by atoms with Crippen LogP contribution in [-0.2, 0) is 19.5 Å². The number of carbonyl (C=O) groups is 1. The molecule has 0 saturated carbocycles. The van der Waals surface area contributed by atoms with Crippen LogP contribution in [0.3, 0.4) is 0 Å². The van der Waals surface area contributed by atoms with E-state index >= 15 is 0 Å². The summed E-state index contributed by atoms with van der Waals surface area (Å²) in [4.78, 5) is 19.5. The number of halogens is 2. The van der Waals surface area contributed by atoms with Crippen molar-refractivity contribution in [3.63, 3.8) is 0 Å². The Hall–Kier alpha value is -4.14. The topological polar surface area (TPSA) is 81.1 Å². The lowest BCUT2D eigenvalue weighted by molar-refractivity contribution is 0.0993. The number of benzene rings is 2. The van der Waals surface area contributed by atoms with E-state index in [2.05, 4.69) is 12.2 Å². The monoisotopic (exact) mass is 474 g/mol. The Balaban J connectivity index is 1.49. The van der Waals surface area contributed by atoms with Gasteiger partial charge in [0, 0.05) is 30.4 Å². The smallest absolute Gasteiger partial charge is 0.267 e. The minimum absolute atomic E-state index is 0.209. The van der Waals surface area contributed by atoms with Gasteiger partial charge in [-0.1, -0.05) is 12.1 Å². The van der Waals surface area contributed by atoms with Crippen LogP contribution in [0.25, 0.3) is 17.1 Å². The zero-order chi connectivity index (χ0) is 24.3. The Morgan fingerprint density at radius 1 is 1.17 bits per heavy atom. The van der Waals surface area contributed by atoms with Gasteiger partial charge in [0.25, 0.3) is 5.91 Å². The van der Waals surface area contributed by atoms with E-state index in [4.69, 9.17) is 10.7 Å². The highest BCUT2D eigenvalue weighted by Gasteiger charge is 2.30. The van der Waals surface area contributed by atoms with Gasteiger partial charge in [0.15, 0.2) is 0 Å². The van der Waals surface area contributed by atoms with Crippen molar-refractivity contribution in [3.8, 4) is 0 Å². The first-order valence-corrected chi connectivity index (χ1v) is 11.6. The second-order valence-electron chi connectivity index (χ2n) is 9.14. The standard InChI is InChI=1S/C26H24F2N6O/c1-15-5-7-20-26(30-15)33-10-9-32(14-22(33)31-20)23-19-12-18(28)6-8-21(19)34(24(23)25(29)35)13-16-3-2-4-17(27)11-16/h2-4,6,8-12,15,30H,5,7,13-14H2,1H3,(H2,29,35). The molecule has 4 aromatic rings. The van der Waals surface area contributed by atoms with E-state index in [1.54, 1.807) is 22.8 Å². The van der Waals surface area contributed by atoms with Gasteiger partial charge in [-0.15, -0.1) is 0 Å². The summed E-state index contributed by atoms with van der Waals surface area (Å²) in [6, 6.07) is 10.9. The summed E-state index contributed by atoms with van der Waals surface area (Å²) in [6.45, 7) is 2.73. The normalized spacial score (nSPS) is 16.8. The molecule has 178 valence electrons. The number of hydrogen-bond donors (Lipinski definition) is 2. The van der Waals surface area contributed by atoms with Crippen molar-refractivity contribution in [2.24, 2.45) is 5.73 Å². The fourth-order valence-corrected chi connectivity index (χ4v) is 5.13. The number of aromatic nitrogens is 3. The summed E-state index contributed by atoms with van der Waals surface area (Å²) >= 11 is 0. The molecule has 2 aliphatic heterocycles. The van der Waals surface area contributed by atoms with Gasteiger partial charge < -0.3 is 20.5 Å². The van der Waals surface area contributed by atoms with E-state index in [1.807, 2.05) is 21.9 Å². The van der Waals surface area contributed by atoms with Gasteiger partial charge in [-0.3, -0.25) is 9.36 Å². The van der Waals surface area contributed by atoms with Crippen LogP contribution in [0.4, 0.5) is 20.3 Å². The van der Waals surface area contributed by atoms with Gasteiger partial charge in [-0.05, 0) is 55.7 Å². The first kappa shape index (κ1) is 21.4. The molecule has 4 heterocycles. The number of aryl methyl sites for hydroxylation is 1. The van der Waals surface area contributed by atoms with Gasteiger partial charge in [0.2, 0.25) is 0 Å². The molecular weight excluding hydrogens is 450 g/mol. The molecule has 1 unspecified atom stereocenters. The second-order valence-corrected chi connectivity index (χ2v) is 9.14. The number of nitrogens with two attached hydrogens (primary N) is 1. The van der Waals surface area contributed by atoms with Crippen LogP contribution in [-0.4, -0.2) is 26.1 Å². The van der Waals surface area contributed by atoms with Crippen molar-refractivity contribution in [2.45, 2.75) is 38.9 Å². The molecule has 0 fully saturated rings. The molecule has 7 nitrogen and oxygen atoms in total. The summed E-state index contributed by atoms with van der Waals surface area (Å²) < 4.78 is 32.0. The molecule has 2 aromatic heterocycles. The Morgan fingerprint density at radius 3 is 2.80 bits per heavy atom. The van der Waals surface area contributed by atoms with Crippen molar-refractivity contribution in [2.75, 3.05) is 10.2 Å². The second kappa shape index (κ2) is 7.97. The average molecular weight is 475 g/mol. The summed E-state index contributed by atoms with van der Waals surface area (Å²) in [7, 11) is 0. The van der Waals surface area contributed by atoms with Crippen LogP contribution < -0.4 is 16.0 Å². The molecule has 6 rings (SSSR count). The third-order valence-electron chi connectivity index (χ3n) is 6.71. The summed E-state index contributed by atoms with van der Waals surface area (Å²) in [5.74, 6) is 0.365. The van der Waals surface area contributed by atoms with Crippen LogP contribution >= 0.6 is 0 Å². The fourth-order valence-electron chi connectivity index (χ4n) is 5.13. The maximum Gasteiger partial charge on any atom is 0.267 e. The molecule has 0 saturated heterocycles. The zero-order valence-electron chi connectivity index (χ0n) is 19.1. The van der Waals surface area contributed by atoms with Crippen molar-refractivity contribution < 1.29 is 13.6 Å². The number of imidazole rings is 1. The third kappa shape index (κ3) is 3.54. The minimum Gasteiger partial charge on any atom is -0.367 e. The lowest BCUT2D eigenvalue weighted by atomic mass is 10.1. The number of nitrogens with zero attached hydrogens (tertiary/aromatic N) is 4. The van der Waals surface area contributed by atoms with Crippen LogP contribution in [0.1, 0.15) is 40.9 Å². The molecular formula is C26H24F2N6O. The number of fused-ring (bicyclic) bond motifs is 4. The predicted molar refractivity (Wildman–Crippen MR) is 131 cm³/mol. The maximum atomic E-state index is 14.4. The molecule has 0 radical (unpaired) electrons. The number of nitrogens with one attached hydrogen (secondary N) is 1. The van der Waals surface area contributed by atoms with E-state index in [1.165, 1.54) is 24.3 Å². The highest BCUT2D eigenvalue weighted by atomic mass is 19.1. The molecule has 0 spiro atoms. The SMILES string of the molecule is CC1CCc2nc3n(c2N1)C=CN(c1c(C(N)=O)n(Cc2cccc(F)c2)c2ccc(F)cc12)C3. The van der Waals surface area contributed by atoms with Crippen molar-refractivity contribution in [1.82, 2.24) is 14.1 Å². The number of anilines is 2. The molecule has 0 aliphatic carbocycles. The zero-order valence-corrected chi connectivity index (χ0v) is 19.1. The molecule has 1 atom stereocenters. The van der Waals surface area contributed by atoms with Crippen molar-refractivity contribution in [3.05, 3.63) is 83.1 Å². The maximum absolute atomic E-state index is 14.4. The van der Waals surface area contributed by atoms with E-state index in [9.17, 15) is 13.6 Å². The quantitative estimate of drug-likeness (QED) is 0.458. The van der Waals surface area contributed by atoms with E-state index in [-0.39, 0.29) is 18.1 Å². The Labute approximate surface area is 200 Å². The first-order valence-electron chi connectivity index (χ1n) is 11.6. The molecule has 1 amide bonds. The Morgan fingerprint density at radius 2 is 2.00 bits per heavy atom. The predicted octanol–water partition coefficient (Wildman–Crippen LogP) is 4.46. The average Bonchev–Trinajstić information content (AvgIpc) is 3.33. The Kier molecular flexibility index (Phi) is 4.87. The number of amides is 1. The summed E-state index contributed by atoms with van der Waals surface area (Å²) in [5, 5.41) is 4.05. The molecule has 3 N–H and O–H groups in total. The molecule has 0 bridgehead atoms. The van der Waals surface area contributed by atoms with Gasteiger partial charge in [-0.25, -0.2) is 13.8 Å². The van der Waals surface area contributed by atoms with Crippen LogP contribution in [0, 0.1) is 11.6 Å². The highest BCUT2D eigenvalue weighted by Crippen LogP contribution is 2.38. The molecule has 35 heavy (non-hydrogen) atoms. The van der Waals surface area contributed by atoms with Crippen LogP contribution in [0.2, 0.25) is 0 Å². The number of hydrogen-bond acceptors (Lipinski definition) is 4.